The van der Waals surface area contributed by atoms with Crippen molar-refractivity contribution in [3.8, 4) is 0 Å². The maximum Gasteiger partial charge on any atom is 0.242 e. The third-order valence-corrected chi connectivity index (χ3v) is 15.3. The predicted octanol–water partition coefficient (Wildman–Crippen LogP) is -5.73. The molecule has 1 aliphatic rings. The molecule has 5 amide bonds. The third kappa shape index (κ3) is 33.5. The summed E-state index contributed by atoms with van der Waals surface area (Å²) in [6, 6.07) is -3.38. The molecule has 530 valence electrons. The topological polar surface area (TPSA) is 490 Å². The highest BCUT2D eigenvalue weighted by Gasteiger charge is 2.44. The van der Waals surface area contributed by atoms with E-state index >= 15 is 0 Å². The summed E-state index contributed by atoms with van der Waals surface area (Å²) in [5, 5.41) is 119. The average molecular weight is 1310 g/mol. The second kappa shape index (κ2) is 48.2. The van der Waals surface area contributed by atoms with Gasteiger partial charge in [0, 0.05) is 38.9 Å². The molecule has 0 spiro atoms. The van der Waals surface area contributed by atoms with Gasteiger partial charge in [0.15, 0.2) is 31.3 Å². The Hall–Kier alpha value is -3.57. The van der Waals surface area contributed by atoms with Gasteiger partial charge >= 0.3 is 0 Å². The van der Waals surface area contributed by atoms with E-state index in [0.717, 1.165) is 0 Å². The molecule has 33 nitrogen and oxygen atoms in total. The van der Waals surface area contributed by atoms with Gasteiger partial charge in [0.1, 0.15) is 42.6 Å². The summed E-state index contributed by atoms with van der Waals surface area (Å²) in [5.74, 6) is -3.08. The van der Waals surface area contributed by atoms with Crippen LogP contribution in [0, 0.1) is 0 Å². The first-order chi connectivity index (χ1) is 42.9. The van der Waals surface area contributed by atoms with Crippen LogP contribution in [0.4, 0.5) is 0 Å². The highest BCUT2D eigenvalue weighted by molar-refractivity contribution is 5.90. The lowest BCUT2D eigenvalue weighted by Crippen LogP contribution is -2.63. The summed E-state index contributed by atoms with van der Waals surface area (Å²) in [4.78, 5) is 68.1. The van der Waals surface area contributed by atoms with Crippen LogP contribution in [-0.2, 0) is 71.3 Å². The Morgan fingerprint density at radius 3 is 1.52 bits per heavy atom. The molecule has 15 atom stereocenters. The van der Waals surface area contributed by atoms with Gasteiger partial charge in [0.2, 0.25) is 29.5 Å². The molecule has 0 aromatic rings. The fraction of sp³-hybridized carbons (Fsp3) is 0.912. The van der Waals surface area contributed by atoms with Crippen LogP contribution in [0.15, 0.2) is 0 Å². The van der Waals surface area contributed by atoms with E-state index in [2.05, 4.69) is 37.2 Å². The zero-order chi connectivity index (χ0) is 67.7. The van der Waals surface area contributed by atoms with Gasteiger partial charge in [-0.05, 0) is 79.3 Å². The molecule has 33 heteroatoms. The number of carbonyl (C=O) groups excluding carboxylic acids is 5. The SMILES string of the molecule is CCC(O)(CC)CCOC(CC)(CC)CCC(=O)NC(CCC(=O)NC(CCC(=O)NCCOCCOC(OC(CO)C(C)O)C(O)NC)C(=O)NCCOCCOC(OC(CO)C(C)O)C(N)O)C(=O)NCCOCCOC1OC(CO)C(O)C(O)C1NC. The highest BCUT2D eigenvalue weighted by atomic mass is 16.7. The molecule has 1 saturated heterocycles. The fourth-order valence-electron chi connectivity index (χ4n) is 9.02. The zero-order valence-electron chi connectivity index (χ0n) is 53.9. The Kier molecular flexibility index (Phi) is 45.2. The maximum atomic E-state index is 13.8. The van der Waals surface area contributed by atoms with Crippen LogP contribution in [0.25, 0.3) is 0 Å². The number of nitrogens with two attached hydrogens (primary N) is 1. The van der Waals surface area contributed by atoms with Gasteiger partial charge in [0.05, 0.1) is 115 Å². The van der Waals surface area contributed by atoms with Crippen molar-refractivity contribution >= 4 is 29.5 Å². The van der Waals surface area contributed by atoms with Gasteiger partial charge in [0.25, 0.3) is 0 Å². The first kappa shape index (κ1) is 84.4. The van der Waals surface area contributed by atoms with Crippen molar-refractivity contribution < 1.29 is 122 Å². The summed E-state index contributed by atoms with van der Waals surface area (Å²) < 4.78 is 56.1. The lowest BCUT2D eigenvalue weighted by atomic mass is 9.90. The summed E-state index contributed by atoms with van der Waals surface area (Å²) in [6.45, 7) is 8.50. The monoisotopic (exact) mass is 1310 g/mol. The second-order valence-electron chi connectivity index (χ2n) is 21.8. The Morgan fingerprint density at radius 1 is 0.589 bits per heavy atom. The van der Waals surface area contributed by atoms with E-state index in [9.17, 15) is 75.0 Å². The number of rotatable bonds is 55. The molecule has 0 radical (unpaired) electrons. The zero-order valence-corrected chi connectivity index (χ0v) is 53.9. The maximum absolute atomic E-state index is 13.8. The number of amides is 5. The first-order valence-electron chi connectivity index (χ1n) is 31.2. The smallest absolute Gasteiger partial charge is 0.242 e. The number of likely N-dealkylation sites (N-methyl/N-ethyl adjacent to an activating group) is 2. The van der Waals surface area contributed by atoms with Crippen LogP contribution < -0.4 is 43.0 Å². The number of nitrogens with one attached hydrogen (secondary N) is 7. The van der Waals surface area contributed by atoms with E-state index in [1.165, 1.54) is 20.9 Å². The fourth-order valence-corrected chi connectivity index (χ4v) is 9.02. The number of ether oxygens (including phenoxy) is 10. The van der Waals surface area contributed by atoms with E-state index in [-0.39, 0.29) is 124 Å². The summed E-state index contributed by atoms with van der Waals surface area (Å²) >= 11 is 0. The minimum atomic E-state index is -1.63. The molecule has 90 heavy (non-hydrogen) atoms. The van der Waals surface area contributed by atoms with Crippen molar-refractivity contribution in [1.82, 2.24) is 37.2 Å². The Balaban J connectivity index is 3.17. The molecule has 0 bridgehead atoms. The molecule has 1 fully saturated rings. The lowest BCUT2D eigenvalue weighted by Gasteiger charge is -2.41. The first-order valence-corrected chi connectivity index (χ1v) is 31.2. The molecule has 1 aliphatic heterocycles. The molecular formula is C57H112N8O25. The number of aliphatic hydroxyl groups excluding tert-OH is 9. The van der Waals surface area contributed by atoms with Crippen LogP contribution >= 0.6 is 0 Å². The summed E-state index contributed by atoms with van der Waals surface area (Å²) in [5.41, 5.74) is 3.92. The number of hydrogen-bond acceptors (Lipinski definition) is 28. The van der Waals surface area contributed by atoms with E-state index < -0.39 is 153 Å². The van der Waals surface area contributed by atoms with E-state index in [1.54, 1.807) is 7.05 Å². The lowest BCUT2D eigenvalue weighted by molar-refractivity contribution is -0.272. The van der Waals surface area contributed by atoms with Gasteiger partial charge in [-0.15, -0.1) is 0 Å². The predicted molar refractivity (Wildman–Crippen MR) is 321 cm³/mol. The number of carbonyl (C=O) groups is 5. The van der Waals surface area contributed by atoms with Crippen LogP contribution in [0.5, 0.6) is 0 Å². The normalized spacial score (nSPS) is 20.6. The molecule has 0 aliphatic carbocycles. The van der Waals surface area contributed by atoms with Gasteiger partial charge in [-0.1, -0.05) is 27.7 Å². The number of aliphatic hydroxyl groups is 10. The Bertz CT molecular complexity index is 1920. The van der Waals surface area contributed by atoms with Crippen molar-refractivity contribution in [2.24, 2.45) is 5.73 Å². The number of hydrogen-bond donors (Lipinski definition) is 18. The van der Waals surface area contributed by atoms with Crippen LogP contribution in [-0.4, -0.2) is 304 Å². The molecule has 0 aromatic heterocycles. The van der Waals surface area contributed by atoms with Crippen molar-refractivity contribution in [1.29, 1.82) is 0 Å². The minimum absolute atomic E-state index is 0.00435. The Labute approximate surface area is 528 Å². The molecule has 19 N–H and O–H groups in total. The van der Waals surface area contributed by atoms with Crippen LogP contribution in [0.1, 0.15) is 112 Å². The standard InChI is InChI=1S/C57H112N8O25/c1-9-56(80,10-2)19-23-87-57(11-3,12-4)18-17-45(73)65-39(51(78)63-21-25-82-27-30-84-53-46(59-7)48(75)47(74)42(35-68)90-53)14-16-44(72)64-38(50(77)62-22-26-83-28-31-85-54(49(58)76)88-40(33-66)36(5)69)13-15-43(71)61-20-24-81-29-32-86-55(52(79)60-8)89-41(34-67)37(6)70/h36-42,46-49,52-55,59-60,66-70,74-76,79-80H,9-35,58H2,1-8H3,(H,61,71)(H,62,77)(H,63,78)(H,64,72)(H,65,73). The molecule has 1 heterocycles. The largest absolute Gasteiger partial charge is 0.394 e. The van der Waals surface area contributed by atoms with Gasteiger partial charge in [-0.3, -0.25) is 29.3 Å². The van der Waals surface area contributed by atoms with Crippen molar-refractivity contribution in [3.63, 3.8) is 0 Å². The van der Waals surface area contributed by atoms with E-state index in [0.29, 0.717) is 32.1 Å². The van der Waals surface area contributed by atoms with Crippen LogP contribution in [0.3, 0.4) is 0 Å². The van der Waals surface area contributed by atoms with Gasteiger partial charge in [-0.25, -0.2) is 0 Å². The van der Waals surface area contributed by atoms with E-state index in [4.69, 9.17) is 53.1 Å². The van der Waals surface area contributed by atoms with Gasteiger partial charge in [-0.2, -0.15) is 0 Å². The average Bonchev–Trinajstić information content (AvgIpc) is 1.26. The van der Waals surface area contributed by atoms with Gasteiger partial charge < -0.3 is 136 Å². The van der Waals surface area contributed by atoms with Crippen molar-refractivity contribution in [3.05, 3.63) is 0 Å². The second-order valence-corrected chi connectivity index (χ2v) is 21.8. The van der Waals surface area contributed by atoms with Crippen molar-refractivity contribution in [2.75, 3.05) is 120 Å². The summed E-state index contributed by atoms with van der Waals surface area (Å²) in [6.07, 6.45) is -12.9. The molecule has 15 unspecified atom stereocenters. The molecule has 0 aromatic carbocycles. The minimum Gasteiger partial charge on any atom is -0.394 e. The summed E-state index contributed by atoms with van der Waals surface area (Å²) in [7, 11) is 2.99. The van der Waals surface area contributed by atoms with Crippen LogP contribution in [0.2, 0.25) is 0 Å². The quantitative estimate of drug-likeness (QED) is 0.0199. The van der Waals surface area contributed by atoms with E-state index in [1.807, 2.05) is 27.7 Å². The highest BCUT2D eigenvalue weighted by Crippen LogP contribution is 2.29. The molecule has 0 saturated carbocycles. The Morgan fingerprint density at radius 2 is 1.07 bits per heavy atom. The van der Waals surface area contributed by atoms with Crippen molar-refractivity contribution in [2.45, 2.75) is 216 Å². The third-order valence-electron chi connectivity index (χ3n) is 15.3. The molecular weight excluding hydrogens is 1200 g/mol. The molecule has 1 rings (SSSR count).